The second kappa shape index (κ2) is 9.92. The summed E-state index contributed by atoms with van der Waals surface area (Å²) in [5, 5.41) is 11.3. The van der Waals surface area contributed by atoms with Gasteiger partial charge < -0.3 is 15.2 Å². The zero-order valence-electron chi connectivity index (χ0n) is 12.1. The van der Waals surface area contributed by atoms with E-state index in [9.17, 15) is 9.18 Å². The van der Waals surface area contributed by atoms with Gasteiger partial charge in [-0.15, -0.1) is 0 Å². The molecular weight excluding hydrogens is 273 g/mol. The molecule has 1 rings (SSSR count). The molecular formula is C16H20FNO3. The highest BCUT2D eigenvalue weighted by Gasteiger charge is 2.08. The predicted molar refractivity (Wildman–Crippen MR) is 78.4 cm³/mol. The molecule has 0 bridgehead atoms. The lowest BCUT2D eigenvalue weighted by Crippen LogP contribution is -2.25. The van der Waals surface area contributed by atoms with Gasteiger partial charge in [-0.1, -0.05) is 11.8 Å². The van der Waals surface area contributed by atoms with Gasteiger partial charge in [0.1, 0.15) is 5.82 Å². The van der Waals surface area contributed by atoms with Crippen LogP contribution in [-0.2, 0) is 4.74 Å². The molecule has 0 saturated heterocycles. The number of amides is 1. The van der Waals surface area contributed by atoms with Crippen LogP contribution in [0, 0.1) is 17.7 Å². The van der Waals surface area contributed by atoms with Crippen LogP contribution < -0.4 is 5.32 Å². The van der Waals surface area contributed by atoms with Crippen LogP contribution >= 0.6 is 0 Å². The second-order valence-corrected chi connectivity index (χ2v) is 4.28. The van der Waals surface area contributed by atoms with Gasteiger partial charge >= 0.3 is 0 Å². The number of benzene rings is 1. The predicted octanol–water partition coefficient (Wildman–Crippen LogP) is 1.72. The summed E-state index contributed by atoms with van der Waals surface area (Å²) in [5.74, 6) is 4.39. The molecule has 0 heterocycles. The second-order valence-electron chi connectivity index (χ2n) is 4.28. The average molecular weight is 293 g/mol. The molecule has 0 aliphatic rings. The van der Waals surface area contributed by atoms with Gasteiger partial charge in [-0.25, -0.2) is 4.39 Å². The summed E-state index contributed by atoms with van der Waals surface area (Å²) in [6, 6.07) is 4.17. The Morgan fingerprint density at radius 3 is 2.95 bits per heavy atom. The van der Waals surface area contributed by atoms with E-state index < -0.39 is 5.82 Å². The summed E-state index contributed by atoms with van der Waals surface area (Å²) in [7, 11) is 0. The highest BCUT2D eigenvalue weighted by molar-refractivity contribution is 5.94. The Morgan fingerprint density at radius 1 is 1.48 bits per heavy atom. The first kappa shape index (κ1) is 17.2. The Balaban J connectivity index is 2.54. The van der Waals surface area contributed by atoms with Gasteiger partial charge in [-0.3, -0.25) is 4.79 Å². The number of hydrogen-bond acceptors (Lipinski definition) is 3. The minimum Gasteiger partial charge on any atom is -0.395 e. The largest absolute Gasteiger partial charge is 0.395 e. The summed E-state index contributed by atoms with van der Waals surface area (Å²) in [4.78, 5) is 11.8. The molecule has 0 atom stereocenters. The van der Waals surface area contributed by atoms with Crippen molar-refractivity contribution >= 4 is 5.91 Å². The van der Waals surface area contributed by atoms with Crippen molar-refractivity contribution in [2.24, 2.45) is 0 Å². The fraction of sp³-hybridized carbons (Fsp3) is 0.438. The first-order chi connectivity index (χ1) is 10.2. The van der Waals surface area contributed by atoms with Crippen LogP contribution in [0.1, 0.15) is 35.7 Å². The van der Waals surface area contributed by atoms with Crippen LogP contribution in [0.25, 0.3) is 0 Å². The number of halogens is 1. The third-order valence-electron chi connectivity index (χ3n) is 2.65. The van der Waals surface area contributed by atoms with E-state index in [4.69, 9.17) is 9.84 Å². The Morgan fingerprint density at radius 2 is 2.29 bits per heavy atom. The van der Waals surface area contributed by atoms with Gasteiger partial charge in [0, 0.05) is 31.7 Å². The van der Waals surface area contributed by atoms with Gasteiger partial charge in [-0.05, 0) is 31.5 Å². The van der Waals surface area contributed by atoms with E-state index in [2.05, 4.69) is 17.2 Å². The quantitative estimate of drug-likeness (QED) is 0.594. The highest BCUT2D eigenvalue weighted by Crippen LogP contribution is 2.09. The van der Waals surface area contributed by atoms with Crippen molar-refractivity contribution in [1.82, 2.24) is 5.32 Å². The van der Waals surface area contributed by atoms with Gasteiger partial charge in [0.25, 0.3) is 5.91 Å². The number of aliphatic hydroxyl groups is 1. The highest BCUT2D eigenvalue weighted by atomic mass is 19.1. The first-order valence-electron chi connectivity index (χ1n) is 6.94. The fourth-order valence-corrected chi connectivity index (χ4v) is 1.59. The van der Waals surface area contributed by atoms with E-state index in [1.165, 1.54) is 18.2 Å². The molecule has 0 aliphatic heterocycles. The number of rotatable bonds is 7. The van der Waals surface area contributed by atoms with E-state index in [1.54, 1.807) is 0 Å². The van der Waals surface area contributed by atoms with Crippen molar-refractivity contribution in [2.45, 2.75) is 19.8 Å². The molecule has 0 aromatic heterocycles. The normalized spacial score (nSPS) is 9.86. The minimum absolute atomic E-state index is 0.0587. The zero-order valence-corrected chi connectivity index (χ0v) is 12.1. The topological polar surface area (TPSA) is 58.6 Å². The SMILES string of the molecule is CCOCCCNC(=O)c1ccc(C#CCCO)c(F)c1. The van der Waals surface area contributed by atoms with E-state index in [1.807, 2.05) is 6.92 Å². The molecule has 0 aliphatic carbocycles. The van der Waals surface area contributed by atoms with E-state index >= 15 is 0 Å². The maximum absolute atomic E-state index is 13.8. The molecule has 0 saturated carbocycles. The van der Waals surface area contributed by atoms with Crippen LogP contribution in [0.15, 0.2) is 18.2 Å². The van der Waals surface area contributed by atoms with Crippen molar-refractivity contribution in [1.29, 1.82) is 0 Å². The third-order valence-corrected chi connectivity index (χ3v) is 2.65. The Labute approximate surface area is 124 Å². The van der Waals surface area contributed by atoms with Crippen LogP contribution in [0.4, 0.5) is 4.39 Å². The lowest BCUT2D eigenvalue weighted by molar-refractivity contribution is 0.0944. The summed E-state index contributed by atoms with van der Waals surface area (Å²) < 4.78 is 18.9. The third kappa shape index (κ3) is 6.39. The monoisotopic (exact) mass is 293 g/mol. The first-order valence-corrected chi connectivity index (χ1v) is 6.94. The molecule has 2 N–H and O–H groups in total. The molecule has 0 fully saturated rings. The van der Waals surface area contributed by atoms with Crippen molar-refractivity contribution < 1.29 is 19.0 Å². The van der Waals surface area contributed by atoms with Crippen molar-refractivity contribution in [3.8, 4) is 11.8 Å². The van der Waals surface area contributed by atoms with Gasteiger partial charge in [0.2, 0.25) is 0 Å². The van der Waals surface area contributed by atoms with Crippen molar-refractivity contribution in [3.63, 3.8) is 0 Å². The smallest absolute Gasteiger partial charge is 0.251 e. The number of hydrogen-bond donors (Lipinski definition) is 2. The lowest BCUT2D eigenvalue weighted by Gasteiger charge is -2.06. The minimum atomic E-state index is -0.539. The van der Waals surface area contributed by atoms with Crippen LogP contribution in [0.3, 0.4) is 0 Å². The molecule has 1 aromatic carbocycles. The Bertz CT molecular complexity index is 520. The zero-order chi connectivity index (χ0) is 15.5. The van der Waals surface area contributed by atoms with Gasteiger partial charge in [0.15, 0.2) is 0 Å². The molecule has 5 heteroatoms. The maximum Gasteiger partial charge on any atom is 0.251 e. The summed E-state index contributed by atoms with van der Waals surface area (Å²) >= 11 is 0. The number of carbonyl (C=O) groups excluding carboxylic acids is 1. The molecule has 0 unspecified atom stereocenters. The lowest BCUT2D eigenvalue weighted by atomic mass is 10.1. The Kier molecular flexibility index (Phi) is 8.10. The standard InChI is InChI=1S/C16H20FNO3/c1-2-21-11-5-9-18-16(20)14-8-7-13(15(17)12-14)6-3-4-10-19/h7-8,12,19H,2,4-5,9-11H2,1H3,(H,18,20). The molecule has 4 nitrogen and oxygen atoms in total. The van der Waals surface area contributed by atoms with E-state index in [0.29, 0.717) is 32.6 Å². The number of nitrogens with one attached hydrogen (secondary N) is 1. The molecule has 1 aromatic rings. The molecule has 114 valence electrons. The van der Waals surface area contributed by atoms with Gasteiger partial charge in [-0.2, -0.15) is 0 Å². The molecule has 21 heavy (non-hydrogen) atoms. The maximum atomic E-state index is 13.8. The Hall–Kier alpha value is -1.90. The summed E-state index contributed by atoms with van der Waals surface area (Å²) in [6.45, 7) is 3.57. The summed E-state index contributed by atoms with van der Waals surface area (Å²) in [5.41, 5.74) is 0.480. The molecule has 0 radical (unpaired) electrons. The number of carbonyl (C=O) groups is 1. The summed E-state index contributed by atoms with van der Waals surface area (Å²) in [6.07, 6.45) is 1.01. The fourth-order valence-electron chi connectivity index (χ4n) is 1.59. The number of aliphatic hydroxyl groups excluding tert-OH is 1. The number of ether oxygens (including phenoxy) is 1. The van der Waals surface area contributed by atoms with E-state index in [-0.39, 0.29) is 23.6 Å². The molecule has 0 spiro atoms. The average Bonchev–Trinajstić information content (AvgIpc) is 2.48. The van der Waals surface area contributed by atoms with Crippen LogP contribution in [0.5, 0.6) is 0 Å². The van der Waals surface area contributed by atoms with Crippen LogP contribution in [0.2, 0.25) is 0 Å². The van der Waals surface area contributed by atoms with Crippen LogP contribution in [-0.4, -0.2) is 37.4 Å². The van der Waals surface area contributed by atoms with E-state index in [0.717, 1.165) is 0 Å². The molecule has 1 amide bonds. The van der Waals surface area contributed by atoms with Gasteiger partial charge in [0.05, 0.1) is 12.2 Å². The van der Waals surface area contributed by atoms with Crippen molar-refractivity contribution in [3.05, 3.63) is 35.1 Å². The van der Waals surface area contributed by atoms with Crippen molar-refractivity contribution in [2.75, 3.05) is 26.4 Å².